The average molecular weight is 474 g/mol. The summed E-state index contributed by atoms with van der Waals surface area (Å²) in [5.41, 5.74) is -3.38. The van der Waals surface area contributed by atoms with Crippen LogP contribution in [0.15, 0.2) is 24.5 Å². The summed E-state index contributed by atoms with van der Waals surface area (Å²) in [4.78, 5) is 18.0. The minimum Gasteiger partial charge on any atom is -0.306 e. The number of nitrogens with one attached hydrogen (secondary N) is 1. The lowest BCUT2D eigenvalue weighted by Crippen LogP contribution is -2.50. The summed E-state index contributed by atoms with van der Waals surface area (Å²) >= 11 is 5.91. The van der Waals surface area contributed by atoms with Gasteiger partial charge >= 0.3 is 12.2 Å². The maximum absolute atomic E-state index is 14.6. The fourth-order valence-corrected chi connectivity index (χ4v) is 4.38. The lowest BCUT2D eigenvalue weighted by atomic mass is 9.80. The molecule has 1 fully saturated rings. The van der Waals surface area contributed by atoms with Crippen LogP contribution in [-0.4, -0.2) is 43.5 Å². The van der Waals surface area contributed by atoms with Gasteiger partial charge in [0.25, 0.3) is 6.43 Å². The van der Waals surface area contributed by atoms with Gasteiger partial charge in [-0.25, -0.2) is 23.1 Å². The van der Waals surface area contributed by atoms with Crippen LogP contribution in [0.1, 0.15) is 30.7 Å². The number of halogens is 6. The molecule has 8 nitrogen and oxygen atoms in total. The summed E-state index contributed by atoms with van der Waals surface area (Å²) in [7, 11) is 0. The number of rotatable bonds is 3. The van der Waals surface area contributed by atoms with E-state index in [-0.39, 0.29) is 27.9 Å². The van der Waals surface area contributed by atoms with Gasteiger partial charge in [0, 0.05) is 12.6 Å². The van der Waals surface area contributed by atoms with Gasteiger partial charge < -0.3 is 5.32 Å². The number of hydrogen-bond donors (Lipinski definition) is 1. The molecule has 1 aliphatic carbocycles. The molecule has 2 amide bonds. The lowest BCUT2D eigenvalue weighted by Gasteiger charge is -2.32. The first kappa shape index (κ1) is 20.8. The summed E-state index contributed by atoms with van der Waals surface area (Å²) in [6.45, 7) is -0.708. The smallest absolute Gasteiger partial charge is 0.306 e. The second kappa shape index (κ2) is 6.95. The van der Waals surface area contributed by atoms with Crippen molar-refractivity contribution in [1.82, 2.24) is 24.8 Å². The molecule has 2 aliphatic rings. The van der Waals surface area contributed by atoms with Crippen LogP contribution < -0.4 is 10.2 Å². The number of urea groups is 1. The van der Waals surface area contributed by atoms with E-state index in [1.807, 2.05) is 0 Å². The summed E-state index contributed by atoms with van der Waals surface area (Å²) < 4.78 is 70.5. The highest BCUT2D eigenvalue weighted by Crippen LogP contribution is 2.61. The topological polar surface area (TPSA) is 88.3 Å². The molecule has 1 unspecified atom stereocenters. The third kappa shape index (κ3) is 3.05. The van der Waals surface area contributed by atoms with Crippen LogP contribution in [0, 0.1) is 5.92 Å². The van der Waals surface area contributed by atoms with Gasteiger partial charge in [-0.1, -0.05) is 11.6 Å². The molecular formula is C18H13ClF5N7O. The first-order chi connectivity index (χ1) is 15.1. The van der Waals surface area contributed by atoms with Crippen molar-refractivity contribution in [2.75, 3.05) is 16.8 Å². The Bertz CT molecular complexity index is 1230. The summed E-state index contributed by atoms with van der Waals surface area (Å²) in [5, 5.41) is 12.9. The fourth-order valence-electron chi connectivity index (χ4n) is 4.21. The summed E-state index contributed by atoms with van der Waals surface area (Å²) in [6, 6.07) is 1.28. The molecule has 3 aromatic heterocycles. The standard InChI is InChI=1S/C18H13ClF5N7O/c19-12-4-13-25-6-11-14(31(13)29-12)17(8-1-2-8,18(22,23)24)7-30(11)16(32)27-9-3-10(15(20)21)28-26-5-9/h3-6,8,15H,1-2,7H2,(H,27,28,32). The number of carbonyl (C=O) groups is 1. The van der Waals surface area contributed by atoms with Crippen LogP contribution in [-0.2, 0) is 5.41 Å². The number of hydrogen-bond acceptors (Lipinski definition) is 5. The van der Waals surface area contributed by atoms with Crippen LogP contribution in [0.25, 0.3) is 5.65 Å². The molecule has 1 aliphatic heterocycles. The molecule has 1 N–H and O–H groups in total. The minimum absolute atomic E-state index is 0.0388. The van der Waals surface area contributed by atoms with Crippen molar-refractivity contribution in [3.63, 3.8) is 0 Å². The van der Waals surface area contributed by atoms with E-state index < -0.39 is 42.2 Å². The zero-order valence-electron chi connectivity index (χ0n) is 15.9. The molecular weight excluding hydrogens is 461 g/mol. The molecule has 5 rings (SSSR count). The van der Waals surface area contributed by atoms with Gasteiger partial charge in [0.05, 0.1) is 29.5 Å². The van der Waals surface area contributed by atoms with E-state index in [0.717, 1.165) is 27.9 Å². The van der Waals surface area contributed by atoms with Gasteiger partial charge in [-0.05, 0) is 24.8 Å². The molecule has 32 heavy (non-hydrogen) atoms. The molecule has 14 heteroatoms. The highest BCUT2D eigenvalue weighted by molar-refractivity contribution is 6.29. The molecule has 0 spiro atoms. The SMILES string of the molecule is O=C(Nc1cnnc(C(F)F)c1)N1CC(C2CC2)(C(F)(F)F)c2c1cnc1cc(Cl)nn21. The normalized spacial score (nSPS) is 20.8. The predicted molar refractivity (Wildman–Crippen MR) is 102 cm³/mol. The zero-order valence-corrected chi connectivity index (χ0v) is 16.7. The molecule has 0 saturated heterocycles. The Hall–Kier alpha value is -3.09. The number of carbonyl (C=O) groups excluding carboxylic acids is 1. The van der Waals surface area contributed by atoms with Gasteiger partial charge in [-0.15, -0.1) is 5.10 Å². The van der Waals surface area contributed by atoms with E-state index >= 15 is 0 Å². The van der Waals surface area contributed by atoms with Crippen LogP contribution in [0.4, 0.5) is 38.1 Å². The largest absolute Gasteiger partial charge is 0.402 e. The van der Waals surface area contributed by atoms with Gasteiger partial charge in [0.1, 0.15) is 11.1 Å². The molecule has 3 aromatic rings. The minimum atomic E-state index is -4.70. The van der Waals surface area contributed by atoms with Gasteiger partial charge in [0.15, 0.2) is 10.8 Å². The third-order valence-electron chi connectivity index (χ3n) is 5.73. The van der Waals surface area contributed by atoms with Gasteiger partial charge in [-0.2, -0.15) is 23.4 Å². The first-order valence-electron chi connectivity index (χ1n) is 9.42. The number of nitrogens with zero attached hydrogens (tertiary/aromatic N) is 6. The number of fused-ring (bicyclic) bond motifs is 3. The van der Waals surface area contributed by atoms with E-state index in [1.54, 1.807) is 0 Å². The number of alkyl halides is 5. The van der Waals surface area contributed by atoms with Crippen molar-refractivity contribution in [2.45, 2.75) is 30.9 Å². The van der Waals surface area contributed by atoms with Crippen molar-refractivity contribution in [1.29, 1.82) is 0 Å². The Morgan fingerprint density at radius 2 is 2.00 bits per heavy atom. The van der Waals surface area contributed by atoms with E-state index in [1.165, 1.54) is 6.07 Å². The van der Waals surface area contributed by atoms with Crippen LogP contribution in [0.2, 0.25) is 5.15 Å². The van der Waals surface area contributed by atoms with Crippen LogP contribution in [0.3, 0.4) is 0 Å². The molecule has 0 radical (unpaired) electrons. The van der Waals surface area contributed by atoms with E-state index in [0.29, 0.717) is 12.8 Å². The Morgan fingerprint density at radius 3 is 2.66 bits per heavy atom. The molecule has 1 saturated carbocycles. The number of amides is 2. The van der Waals surface area contributed by atoms with Crippen molar-refractivity contribution in [3.8, 4) is 0 Å². The van der Waals surface area contributed by atoms with Crippen molar-refractivity contribution in [2.24, 2.45) is 5.92 Å². The first-order valence-corrected chi connectivity index (χ1v) is 9.80. The zero-order chi connectivity index (χ0) is 22.8. The second-order valence-electron chi connectivity index (χ2n) is 7.66. The summed E-state index contributed by atoms with van der Waals surface area (Å²) in [5.74, 6) is -0.749. The monoisotopic (exact) mass is 473 g/mol. The second-order valence-corrected chi connectivity index (χ2v) is 8.05. The van der Waals surface area contributed by atoms with E-state index in [4.69, 9.17) is 11.6 Å². The quantitative estimate of drug-likeness (QED) is 0.571. The van der Waals surface area contributed by atoms with Crippen molar-refractivity contribution >= 4 is 34.7 Å². The van der Waals surface area contributed by atoms with Crippen molar-refractivity contribution in [3.05, 3.63) is 41.1 Å². The average Bonchev–Trinajstić information content (AvgIpc) is 3.39. The number of anilines is 2. The highest BCUT2D eigenvalue weighted by atomic mass is 35.5. The Kier molecular flexibility index (Phi) is 4.52. The lowest BCUT2D eigenvalue weighted by molar-refractivity contribution is -0.193. The van der Waals surface area contributed by atoms with Gasteiger partial charge in [-0.3, -0.25) is 4.90 Å². The van der Waals surface area contributed by atoms with Crippen molar-refractivity contribution < 1.29 is 26.7 Å². The maximum Gasteiger partial charge on any atom is 0.402 e. The molecule has 0 bridgehead atoms. The third-order valence-corrected chi connectivity index (χ3v) is 5.91. The molecule has 0 aromatic carbocycles. The van der Waals surface area contributed by atoms with E-state index in [2.05, 4.69) is 25.6 Å². The van der Waals surface area contributed by atoms with Gasteiger partial charge in [0.2, 0.25) is 0 Å². The fraction of sp³-hybridized carbons (Fsp3) is 0.389. The molecule has 4 heterocycles. The summed E-state index contributed by atoms with van der Waals surface area (Å²) in [6.07, 6.45) is -4.79. The Balaban J connectivity index is 1.61. The number of aromatic nitrogens is 5. The van der Waals surface area contributed by atoms with Crippen LogP contribution in [0.5, 0.6) is 0 Å². The molecule has 1 atom stereocenters. The van der Waals surface area contributed by atoms with E-state index in [9.17, 15) is 26.7 Å². The maximum atomic E-state index is 14.6. The highest BCUT2D eigenvalue weighted by Gasteiger charge is 2.69. The Morgan fingerprint density at radius 1 is 1.25 bits per heavy atom. The Labute approximate surface area is 181 Å². The van der Waals surface area contributed by atoms with Crippen LogP contribution >= 0.6 is 11.6 Å². The molecule has 168 valence electrons. The predicted octanol–water partition coefficient (Wildman–Crippen LogP) is 4.37.